The highest BCUT2D eigenvalue weighted by molar-refractivity contribution is 6.05. The molecule has 1 aromatic carbocycles. The summed E-state index contributed by atoms with van der Waals surface area (Å²) in [5.41, 5.74) is -0.674. The predicted octanol–water partition coefficient (Wildman–Crippen LogP) is 3.49. The number of carbonyl (C=O) groups is 2. The average Bonchev–Trinajstić information content (AvgIpc) is 2.59. The monoisotopic (exact) mass is 351 g/mol. The highest BCUT2D eigenvalue weighted by Crippen LogP contribution is 2.30. The Bertz CT molecular complexity index is 776. The molecular formula is C17H16F3N3O2. The van der Waals surface area contributed by atoms with Crippen molar-refractivity contribution in [2.75, 3.05) is 11.9 Å². The number of amides is 2. The molecule has 2 amide bonds. The van der Waals surface area contributed by atoms with Crippen molar-refractivity contribution >= 4 is 17.5 Å². The number of benzene rings is 1. The summed E-state index contributed by atoms with van der Waals surface area (Å²) in [7, 11) is 0. The van der Waals surface area contributed by atoms with E-state index in [4.69, 9.17) is 0 Å². The van der Waals surface area contributed by atoms with Gasteiger partial charge in [0.1, 0.15) is 5.69 Å². The zero-order chi connectivity index (χ0) is 18.4. The number of hydrogen-bond donors (Lipinski definition) is 2. The molecule has 0 aliphatic rings. The minimum Gasteiger partial charge on any atom is -0.351 e. The minimum absolute atomic E-state index is 0.00798. The molecular weight excluding hydrogens is 335 g/mol. The van der Waals surface area contributed by atoms with E-state index in [2.05, 4.69) is 15.6 Å². The van der Waals surface area contributed by atoms with Gasteiger partial charge < -0.3 is 10.6 Å². The highest BCUT2D eigenvalue weighted by atomic mass is 19.4. The molecule has 132 valence electrons. The smallest absolute Gasteiger partial charge is 0.351 e. The fraction of sp³-hybridized carbons (Fsp3) is 0.235. The van der Waals surface area contributed by atoms with E-state index in [9.17, 15) is 22.8 Å². The van der Waals surface area contributed by atoms with E-state index in [1.807, 2.05) is 6.92 Å². The molecule has 0 aliphatic carbocycles. The molecule has 0 spiro atoms. The third kappa shape index (κ3) is 5.03. The van der Waals surface area contributed by atoms with E-state index in [0.29, 0.717) is 6.54 Å². The number of carbonyl (C=O) groups excluding carboxylic acids is 2. The Kier molecular flexibility index (Phi) is 5.74. The van der Waals surface area contributed by atoms with Crippen LogP contribution in [0.15, 0.2) is 42.6 Å². The van der Waals surface area contributed by atoms with Gasteiger partial charge in [-0.15, -0.1) is 0 Å². The summed E-state index contributed by atoms with van der Waals surface area (Å²) < 4.78 is 38.1. The maximum Gasteiger partial charge on any atom is 0.416 e. The van der Waals surface area contributed by atoms with E-state index in [0.717, 1.165) is 18.6 Å². The van der Waals surface area contributed by atoms with Gasteiger partial charge >= 0.3 is 6.18 Å². The number of anilines is 1. The third-order valence-corrected chi connectivity index (χ3v) is 3.24. The maximum absolute atomic E-state index is 12.7. The van der Waals surface area contributed by atoms with Crippen LogP contribution in [0.25, 0.3) is 0 Å². The Labute approximate surface area is 142 Å². The first-order chi connectivity index (χ1) is 11.8. The van der Waals surface area contributed by atoms with Crippen LogP contribution in [0.5, 0.6) is 0 Å². The number of nitrogens with zero attached hydrogens (tertiary/aromatic N) is 1. The van der Waals surface area contributed by atoms with Crippen molar-refractivity contribution in [1.29, 1.82) is 0 Å². The Hall–Kier alpha value is -2.90. The van der Waals surface area contributed by atoms with E-state index in [1.54, 1.807) is 0 Å². The van der Waals surface area contributed by atoms with Crippen molar-refractivity contribution in [3.05, 3.63) is 59.4 Å². The Morgan fingerprint density at radius 2 is 1.88 bits per heavy atom. The van der Waals surface area contributed by atoms with Crippen molar-refractivity contribution in [3.63, 3.8) is 0 Å². The molecule has 1 heterocycles. The van der Waals surface area contributed by atoms with Gasteiger partial charge in [-0.25, -0.2) is 0 Å². The quantitative estimate of drug-likeness (QED) is 0.866. The molecule has 2 aromatic rings. The summed E-state index contributed by atoms with van der Waals surface area (Å²) in [5, 5.41) is 5.01. The standard InChI is InChI=1S/C17H16F3N3O2/c1-2-7-22-16(25)14-9-11(6-8-21-14)15(24)23-13-5-3-4-12(10-13)17(18,19)20/h3-6,8-10H,2,7H2,1H3,(H,22,25)(H,23,24). The summed E-state index contributed by atoms with van der Waals surface area (Å²) in [4.78, 5) is 28.0. The van der Waals surface area contributed by atoms with Crippen LogP contribution in [0.1, 0.15) is 39.8 Å². The molecule has 8 heteroatoms. The summed E-state index contributed by atoms with van der Waals surface area (Å²) in [6.45, 7) is 2.37. The van der Waals surface area contributed by atoms with Crippen LogP contribution in [-0.4, -0.2) is 23.3 Å². The van der Waals surface area contributed by atoms with Gasteiger partial charge in [-0.3, -0.25) is 14.6 Å². The van der Waals surface area contributed by atoms with Crippen molar-refractivity contribution in [2.24, 2.45) is 0 Å². The van der Waals surface area contributed by atoms with E-state index in [1.165, 1.54) is 30.5 Å². The molecule has 1 aromatic heterocycles. The van der Waals surface area contributed by atoms with Crippen molar-refractivity contribution in [2.45, 2.75) is 19.5 Å². The number of nitrogens with one attached hydrogen (secondary N) is 2. The number of rotatable bonds is 5. The molecule has 0 radical (unpaired) electrons. The second-order valence-electron chi connectivity index (χ2n) is 5.22. The zero-order valence-electron chi connectivity index (χ0n) is 13.4. The topological polar surface area (TPSA) is 71.1 Å². The lowest BCUT2D eigenvalue weighted by Gasteiger charge is -2.10. The van der Waals surface area contributed by atoms with Gasteiger partial charge in [0.15, 0.2) is 0 Å². The van der Waals surface area contributed by atoms with Gasteiger partial charge in [0.2, 0.25) is 0 Å². The molecule has 0 bridgehead atoms. The van der Waals surface area contributed by atoms with Crippen LogP contribution < -0.4 is 10.6 Å². The molecule has 25 heavy (non-hydrogen) atoms. The van der Waals surface area contributed by atoms with Crippen molar-refractivity contribution < 1.29 is 22.8 Å². The van der Waals surface area contributed by atoms with Crippen LogP contribution in [0, 0.1) is 0 Å². The Balaban J connectivity index is 2.15. The first-order valence-corrected chi connectivity index (χ1v) is 7.54. The van der Waals surface area contributed by atoms with Crippen molar-refractivity contribution in [1.82, 2.24) is 10.3 Å². The van der Waals surface area contributed by atoms with E-state index >= 15 is 0 Å². The fourth-order valence-electron chi connectivity index (χ4n) is 2.00. The van der Waals surface area contributed by atoms with E-state index < -0.39 is 23.6 Å². The number of pyridine rings is 1. The molecule has 0 saturated carbocycles. The Morgan fingerprint density at radius 3 is 2.56 bits per heavy atom. The van der Waals surface area contributed by atoms with Crippen LogP contribution in [0.2, 0.25) is 0 Å². The zero-order valence-corrected chi connectivity index (χ0v) is 13.4. The SMILES string of the molecule is CCCNC(=O)c1cc(C(=O)Nc2cccc(C(F)(F)F)c2)ccn1. The van der Waals surface area contributed by atoms with Gasteiger partial charge in [0.05, 0.1) is 5.56 Å². The van der Waals surface area contributed by atoms with Gasteiger partial charge in [0, 0.05) is 24.0 Å². The highest BCUT2D eigenvalue weighted by Gasteiger charge is 2.30. The Morgan fingerprint density at radius 1 is 1.12 bits per heavy atom. The first kappa shape index (κ1) is 18.4. The number of halogens is 3. The van der Waals surface area contributed by atoms with Gasteiger partial charge in [-0.2, -0.15) is 13.2 Å². The normalized spacial score (nSPS) is 11.0. The lowest BCUT2D eigenvalue weighted by atomic mass is 10.1. The van der Waals surface area contributed by atoms with E-state index in [-0.39, 0.29) is 16.9 Å². The van der Waals surface area contributed by atoms with Crippen LogP contribution in [-0.2, 0) is 6.18 Å². The number of alkyl halides is 3. The molecule has 2 N–H and O–H groups in total. The molecule has 2 rings (SSSR count). The summed E-state index contributed by atoms with van der Waals surface area (Å²) in [6.07, 6.45) is -2.45. The second kappa shape index (κ2) is 7.78. The van der Waals surface area contributed by atoms with Crippen LogP contribution >= 0.6 is 0 Å². The minimum atomic E-state index is -4.50. The summed E-state index contributed by atoms with van der Waals surface area (Å²) in [5.74, 6) is -1.05. The number of hydrogen-bond acceptors (Lipinski definition) is 3. The second-order valence-corrected chi connectivity index (χ2v) is 5.22. The van der Waals surface area contributed by atoms with Crippen molar-refractivity contribution in [3.8, 4) is 0 Å². The summed E-state index contributed by atoms with van der Waals surface area (Å²) in [6, 6.07) is 6.97. The van der Waals surface area contributed by atoms with Gasteiger partial charge in [-0.05, 0) is 36.8 Å². The lowest BCUT2D eigenvalue weighted by molar-refractivity contribution is -0.137. The fourth-order valence-corrected chi connectivity index (χ4v) is 2.00. The van der Waals surface area contributed by atoms with Crippen LogP contribution in [0.3, 0.4) is 0 Å². The largest absolute Gasteiger partial charge is 0.416 e. The molecule has 5 nitrogen and oxygen atoms in total. The van der Waals surface area contributed by atoms with Gasteiger partial charge in [0.25, 0.3) is 11.8 Å². The average molecular weight is 351 g/mol. The lowest BCUT2D eigenvalue weighted by Crippen LogP contribution is -2.25. The van der Waals surface area contributed by atoms with Crippen LogP contribution in [0.4, 0.5) is 18.9 Å². The molecule has 0 saturated heterocycles. The molecule has 0 atom stereocenters. The maximum atomic E-state index is 12.7. The van der Waals surface area contributed by atoms with Gasteiger partial charge in [-0.1, -0.05) is 13.0 Å². The molecule has 0 fully saturated rings. The molecule has 0 unspecified atom stereocenters. The summed E-state index contributed by atoms with van der Waals surface area (Å²) >= 11 is 0. The number of aromatic nitrogens is 1. The first-order valence-electron chi connectivity index (χ1n) is 7.54. The molecule has 0 aliphatic heterocycles. The third-order valence-electron chi connectivity index (χ3n) is 3.24. The predicted molar refractivity (Wildman–Crippen MR) is 86.3 cm³/mol.